The van der Waals surface area contributed by atoms with Gasteiger partial charge in [-0.1, -0.05) is 24.3 Å². The molecule has 4 rings (SSSR count). The number of carbonyl (C=O) groups excluding carboxylic acids is 1. The number of nitrogens with zero attached hydrogens (tertiary/aromatic N) is 1. The molecule has 0 unspecified atom stereocenters. The van der Waals surface area contributed by atoms with Crippen molar-refractivity contribution in [2.75, 3.05) is 13.4 Å². The number of aromatic nitrogens is 1. The Bertz CT molecular complexity index is 1180. The zero-order valence-electron chi connectivity index (χ0n) is 18.9. The van der Waals surface area contributed by atoms with Crippen molar-refractivity contribution in [3.8, 4) is 17.2 Å². The largest absolute Gasteiger partial charge is 0.485 e. The molecule has 1 aliphatic heterocycles. The van der Waals surface area contributed by atoms with Crippen molar-refractivity contribution in [1.29, 1.82) is 0 Å². The van der Waals surface area contributed by atoms with Gasteiger partial charge in [-0.15, -0.1) is 0 Å². The van der Waals surface area contributed by atoms with E-state index >= 15 is 0 Å². The third-order valence-electron chi connectivity index (χ3n) is 5.18. The van der Waals surface area contributed by atoms with Gasteiger partial charge >= 0.3 is 0 Å². The predicted molar refractivity (Wildman–Crippen MR) is 124 cm³/mol. The van der Waals surface area contributed by atoms with Crippen molar-refractivity contribution < 1.29 is 29.1 Å². The first kappa shape index (κ1) is 22.6. The van der Waals surface area contributed by atoms with Crippen LogP contribution in [0, 0.1) is 6.92 Å². The molecule has 1 aromatic heterocycles. The van der Waals surface area contributed by atoms with E-state index in [1.54, 1.807) is 18.2 Å². The molecular weight excluding hydrogens is 422 g/mol. The zero-order valence-corrected chi connectivity index (χ0v) is 18.9. The second-order valence-corrected chi connectivity index (χ2v) is 8.56. The zero-order chi connectivity index (χ0) is 23.4. The second kappa shape index (κ2) is 9.52. The Balaban J connectivity index is 1.48. The molecule has 2 heterocycles. The van der Waals surface area contributed by atoms with Crippen molar-refractivity contribution in [3.63, 3.8) is 0 Å². The molecule has 7 heteroatoms. The van der Waals surface area contributed by atoms with Gasteiger partial charge < -0.3 is 18.8 Å². The lowest BCUT2D eigenvalue weighted by Gasteiger charge is -2.24. The summed E-state index contributed by atoms with van der Waals surface area (Å²) < 4.78 is 18.6. The molecule has 1 aliphatic rings. The fraction of sp³-hybridized carbons (Fsp3) is 0.269. The molecule has 172 valence electrons. The van der Waals surface area contributed by atoms with Gasteiger partial charge in [0.25, 0.3) is 0 Å². The number of carbonyl (C=O) groups is 1. The van der Waals surface area contributed by atoms with E-state index in [1.165, 1.54) is 0 Å². The predicted octanol–water partition coefficient (Wildman–Crippen LogP) is 5.12. The summed E-state index contributed by atoms with van der Waals surface area (Å²) in [6, 6.07) is 14.8. The molecule has 0 saturated carbocycles. The average molecular weight is 450 g/mol. The van der Waals surface area contributed by atoms with Crippen molar-refractivity contribution >= 4 is 11.9 Å². The Morgan fingerprint density at radius 1 is 1.15 bits per heavy atom. The van der Waals surface area contributed by atoms with Crippen LogP contribution in [0.15, 0.2) is 60.8 Å². The number of ketones is 1. The number of rotatable bonds is 9. The maximum Gasteiger partial charge on any atom is 0.231 e. The van der Waals surface area contributed by atoms with Crippen LogP contribution < -0.4 is 14.2 Å². The summed E-state index contributed by atoms with van der Waals surface area (Å²) in [5.41, 5.74) is 2.47. The third kappa shape index (κ3) is 5.45. The van der Waals surface area contributed by atoms with Gasteiger partial charge in [-0.25, -0.2) is 4.89 Å². The van der Waals surface area contributed by atoms with E-state index in [2.05, 4.69) is 4.89 Å². The summed E-state index contributed by atoms with van der Waals surface area (Å²) in [6.45, 7) is 6.40. The summed E-state index contributed by atoms with van der Waals surface area (Å²) in [5, 5.41) is 8.71. The minimum Gasteiger partial charge on any atom is -0.485 e. The molecule has 0 radical (unpaired) electrons. The lowest BCUT2D eigenvalue weighted by molar-refractivity contribution is -0.264. The summed E-state index contributed by atoms with van der Waals surface area (Å²) in [5.74, 6) is 1.85. The first-order valence-corrected chi connectivity index (χ1v) is 10.7. The van der Waals surface area contributed by atoms with Gasteiger partial charge in [0.15, 0.2) is 11.5 Å². The summed E-state index contributed by atoms with van der Waals surface area (Å²) >= 11 is 0. The summed E-state index contributed by atoms with van der Waals surface area (Å²) in [7, 11) is 0. The van der Waals surface area contributed by atoms with E-state index in [-0.39, 0.29) is 19.2 Å². The lowest BCUT2D eigenvalue weighted by Crippen LogP contribution is -2.33. The van der Waals surface area contributed by atoms with Gasteiger partial charge in [-0.05, 0) is 68.3 Å². The van der Waals surface area contributed by atoms with Crippen molar-refractivity contribution in [2.45, 2.75) is 32.9 Å². The van der Waals surface area contributed by atoms with E-state index in [1.807, 2.05) is 74.0 Å². The molecule has 33 heavy (non-hydrogen) atoms. The molecule has 0 fully saturated rings. The normalized spacial score (nSPS) is 13.0. The SMILES string of the molecule is Cc1cc(C(=O)c2ccc3c(c2)OCO3)n(CC=Cc2cccc(OC(C)(C)COO)c2)c1. The van der Waals surface area contributed by atoms with Gasteiger partial charge in [0, 0.05) is 18.3 Å². The van der Waals surface area contributed by atoms with Crippen LogP contribution in [0.1, 0.15) is 41.0 Å². The Morgan fingerprint density at radius 2 is 1.97 bits per heavy atom. The monoisotopic (exact) mass is 449 g/mol. The molecule has 7 nitrogen and oxygen atoms in total. The van der Waals surface area contributed by atoms with Gasteiger partial charge in [0.2, 0.25) is 12.6 Å². The molecule has 2 aromatic carbocycles. The third-order valence-corrected chi connectivity index (χ3v) is 5.18. The van der Waals surface area contributed by atoms with Crippen LogP contribution in [0.2, 0.25) is 0 Å². The fourth-order valence-corrected chi connectivity index (χ4v) is 3.67. The van der Waals surface area contributed by atoms with Gasteiger partial charge in [0.1, 0.15) is 18.0 Å². The summed E-state index contributed by atoms with van der Waals surface area (Å²) in [6.07, 6.45) is 5.94. The summed E-state index contributed by atoms with van der Waals surface area (Å²) in [4.78, 5) is 17.4. The standard InChI is InChI=1S/C26H27NO6/c1-18-12-22(25(28)20-9-10-23-24(14-20)31-17-30-23)27(15-18)11-5-7-19-6-4-8-21(13-19)33-26(2,3)16-32-29/h4-10,12-15,29H,11,16-17H2,1-3H3. The number of aryl methyl sites for hydroxylation is 1. The van der Waals surface area contributed by atoms with Crippen molar-refractivity contribution in [3.05, 3.63) is 83.2 Å². The van der Waals surface area contributed by atoms with Crippen molar-refractivity contribution in [1.82, 2.24) is 4.57 Å². The molecule has 3 aromatic rings. The Kier molecular flexibility index (Phi) is 6.53. The highest BCUT2D eigenvalue weighted by atomic mass is 17.1. The number of ether oxygens (including phenoxy) is 3. The van der Waals surface area contributed by atoms with Crippen LogP contribution in [0.3, 0.4) is 0 Å². The van der Waals surface area contributed by atoms with Gasteiger partial charge in [-0.2, -0.15) is 0 Å². The highest BCUT2D eigenvalue weighted by Crippen LogP contribution is 2.33. The topological polar surface area (TPSA) is 79.2 Å². The minimum absolute atomic E-state index is 0.0558. The van der Waals surface area contributed by atoms with E-state index in [9.17, 15) is 4.79 Å². The van der Waals surface area contributed by atoms with E-state index in [0.717, 1.165) is 11.1 Å². The van der Waals surface area contributed by atoms with Crippen LogP contribution in [0.25, 0.3) is 6.08 Å². The molecule has 1 N–H and O–H groups in total. The smallest absolute Gasteiger partial charge is 0.231 e. The number of allylic oxidation sites excluding steroid dienone is 1. The molecule has 0 bridgehead atoms. The molecule has 0 saturated heterocycles. The van der Waals surface area contributed by atoms with Crippen LogP contribution in [-0.2, 0) is 11.4 Å². The average Bonchev–Trinajstić information content (AvgIpc) is 3.38. The quantitative estimate of drug-likeness (QED) is 0.278. The van der Waals surface area contributed by atoms with Gasteiger partial charge in [0.05, 0.1) is 5.69 Å². The minimum atomic E-state index is -0.663. The molecule has 0 amide bonds. The van der Waals surface area contributed by atoms with Gasteiger partial charge in [-0.3, -0.25) is 10.1 Å². The Labute approximate surface area is 192 Å². The van der Waals surface area contributed by atoms with Crippen LogP contribution in [-0.4, -0.2) is 34.6 Å². The first-order chi connectivity index (χ1) is 15.8. The van der Waals surface area contributed by atoms with Crippen LogP contribution in [0.5, 0.6) is 17.2 Å². The Hall–Kier alpha value is -3.55. The number of benzene rings is 2. The van der Waals surface area contributed by atoms with Crippen LogP contribution >= 0.6 is 0 Å². The lowest BCUT2D eigenvalue weighted by atomic mass is 10.1. The maximum atomic E-state index is 13.2. The molecule has 0 atom stereocenters. The highest BCUT2D eigenvalue weighted by Gasteiger charge is 2.21. The molecule has 0 aliphatic carbocycles. The number of hydrogen-bond acceptors (Lipinski definition) is 6. The number of hydrogen-bond donors (Lipinski definition) is 1. The van der Waals surface area contributed by atoms with E-state index in [0.29, 0.717) is 35.1 Å². The molecular formula is C26H27NO6. The molecule has 0 spiro atoms. The Morgan fingerprint density at radius 3 is 2.79 bits per heavy atom. The van der Waals surface area contributed by atoms with Crippen LogP contribution in [0.4, 0.5) is 0 Å². The highest BCUT2D eigenvalue weighted by molar-refractivity contribution is 6.08. The number of fused-ring (bicyclic) bond motifs is 1. The first-order valence-electron chi connectivity index (χ1n) is 10.7. The van der Waals surface area contributed by atoms with E-state index in [4.69, 9.17) is 19.5 Å². The maximum absolute atomic E-state index is 13.2. The second-order valence-electron chi connectivity index (χ2n) is 8.56. The van der Waals surface area contributed by atoms with Crippen molar-refractivity contribution in [2.24, 2.45) is 0 Å². The van der Waals surface area contributed by atoms with E-state index < -0.39 is 5.60 Å². The fourth-order valence-electron chi connectivity index (χ4n) is 3.67.